The molecule has 0 aliphatic heterocycles. The number of aromatic amines is 1. The number of aliphatic hydroxyl groups is 1. The lowest BCUT2D eigenvalue weighted by molar-refractivity contribution is 0.0910. The Bertz CT molecular complexity index is 1020. The molecule has 0 aliphatic rings. The number of H-pyrrole nitrogens is 1. The summed E-state index contributed by atoms with van der Waals surface area (Å²) in [7, 11) is 3.09. The van der Waals surface area contributed by atoms with Crippen LogP contribution in [0.15, 0.2) is 42.5 Å². The Morgan fingerprint density at radius 3 is 2.52 bits per heavy atom. The van der Waals surface area contributed by atoms with E-state index in [1.807, 2.05) is 12.1 Å². The quantitative estimate of drug-likeness (QED) is 0.589. The third kappa shape index (κ3) is 4.54. The van der Waals surface area contributed by atoms with Crippen LogP contribution >= 0.6 is 0 Å². The highest BCUT2D eigenvalue weighted by Gasteiger charge is 2.18. The van der Waals surface area contributed by atoms with Gasteiger partial charge in [-0.15, -0.1) is 0 Å². The van der Waals surface area contributed by atoms with E-state index >= 15 is 0 Å². The molecule has 1 heterocycles. The van der Waals surface area contributed by atoms with Crippen molar-refractivity contribution in [2.45, 2.75) is 32.3 Å². The second-order valence-corrected chi connectivity index (χ2v) is 8.07. The number of nitrogens with one attached hydrogen (secondary N) is 2. The maximum absolute atomic E-state index is 12.6. The van der Waals surface area contributed by atoms with Crippen molar-refractivity contribution < 1.29 is 19.4 Å². The lowest BCUT2D eigenvalue weighted by Gasteiger charge is -2.18. The van der Waals surface area contributed by atoms with Gasteiger partial charge in [0.1, 0.15) is 23.3 Å². The van der Waals surface area contributed by atoms with Crippen molar-refractivity contribution in [2.24, 2.45) is 0 Å². The van der Waals surface area contributed by atoms with Crippen LogP contribution < -0.4 is 14.8 Å². The maximum Gasteiger partial charge on any atom is 0.267 e. The van der Waals surface area contributed by atoms with Crippen molar-refractivity contribution in [1.29, 1.82) is 0 Å². The normalized spacial score (nSPS) is 12.6. The Labute approximate surface area is 170 Å². The number of aliphatic hydroxyl groups excluding tert-OH is 1. The zero-order chi connectivity index (χ0) is 21.2. The SMILES string of the molecule is COc1ccc(OC)c(C(O)CNC(=O)c2cc3ccc(C(C)(C)C)cc3[nH]2)c1. The molecule has 0 bridgehead atoms. The van der Waals surface area contributed by atoms with Crippen LogP contribution in [0.3, 0.4) is 0 Å². The van der Waals surface area contributed by atoms with Crippen LogP contribution in [0.4, 0.5) is 0 Å². The molecule has 1 aromatic heterocycles. The van der Waals surface area contributed by atoms with Crippen molar-refractivity contribution in [3.63, 3.8) is 0 Å². The summed E-state index contributed by atoms with van der Waals surface area (Å²) in [5, 5.41) is 14.3. The number of carbonyl (C=O) groups excluding carboxylic acids is 1. The number of hydrogen-bond donors (Lipinski definition) is 3. The summed E-state index contributed by atoms with van der Waals surface area (Å²) in [5.41, 5.74) is 3.15. The monoisotopic (exact) mass is 396 g/mol. The number of ether oxygens (including phenoxy) is 2. The van der Waals surface area contributed by atoms with Gasteiger partial charge in [-0.1, -0.05) is 32.9 Å². The van der Waals surface area contributed by atoms with E-state index in [1.54, 1.807) is 25.3 Å². The van der Waals surface area contributed by atoms with Crippen molar-refractivity contribution in [1.82, 2.24) is 10.3 Å². The number of carbonyl (C=O) groups is 1. The van der Waals surface area contributed by atoms with Crippen LogP contribution in [0, 0.1) is 0 Å². The van der Waals surface area contributed by atoms with Crippen LogP contribution in [0.25, 0.3) is 10.9 Å². The molecule has 3 rings (SSSR count). The van der Waals surface area contributed by atoms with Gasteiger partial charge in [0.25, 0.3) is 5.91 Å². The van der Waals surface area contributed by atoms with Gasteiger partial charge in [0, 0.05) is 23.0 Å². The highest BCUT2D eigenvalue weighted by atomic mass is 16.5. The summed E-state index contributed by atoms with van der Waals surface area (Å²) < 4.78 is 10.5. The van der Waals surface area contributed by atoms with Crippen LogP contribution in [0.2, 0.25) is 0 Å². The molecule has 0 saturated carbocycles. The summed E-state index contributed by atoms with van der Waals surface area (Å²) in [6.07, 6.45) is -0.930. The van der Waals surface area contributed by atoms with Gasteiger partial charge < -0.3 is 24.9 Å². The second-order valence-electron chi connectivity index (χ2n) is 8.07. The predicted molar refractivity (Wildman–Crippen MR) is 114 cm³/mol. The van der Waals surface area contributed by atoms with E-state index in [-0.39, 0.29) is 17.9 Å². The summed E-state index contributed by atoms with van der Waals surface area (Å²) in [6, 6.07) is 13.2. The number of hydrogen-bond acceptors (Lipinski definition) is 4. The molecule has 6 nitrogen and oxygen atoms in total. The maximum atomic E-state index is 12.6. The van der Waals surface area contributed by atoms with E-state index in [0.717, 1.165) is 10.9 Å². The highest BCUT2D eigenvalue weighted by Crippen LogP contribution is 2.29. The predicted octanol–water partition coefficient (Wildman–Crippen LogP) is 3.95. The Kier molecular flexibility index (Phi) is 5.84. The zero-order valence-electron chi connectivity index (χ0n) is 17.5. The molecular formula is C23H28N2O4. The summed E-state index contributed by atoms with van der Waals surface area (Å²) in [5.74, 6) is 0.865. The number of fused-ring (bicyclic) bond motifs is 1. The number of aromatic nitrogens is 1. The Morgan fingerprint density at radius 1 is 1.10 bits per heavy atom. The van der Waals surface area contributed by atoms with E-state index in [1.165, 1.54) is 12.7 Å². The molecule has 1 atom stereocenters. The van der Waals surface area contributed by atoms with Gasteiger partial charge in [-0.25, -0.2) is 0 Å². The van der Waals surface area contributed by atoms with Crippen LogP contribution in [0.5, 0.6) is 11.5 Å². The minimum atomic E-state index is -0.930. The van der Waals surface area contributed by atoms with E-state index in [9.17, 15) is 9.90 Å². The van der Waals surface area contributed by atoms with E-state index in [2.05, 4.69) is 43.2 Å². The first kappa shape index (κ1) is 20.7. The first-order chi connectivity index (χ1) is 13.7. The van der Waals surface area contributed by atoms with Gasteiger partial charge in [-0.3, -0.25) is 4.79 Å². The molecule has 0 radical (unpaired) electrons. The Hall–Kier alpha value is -2.99. The molecule has 1 amide bonds. The third-order valence-corrected chi connectivity index (χ3v) is 4.98. The number of rotatable bonds is 6. The summed E-state index contributed by atoms with van der Waals surface area (Å²) in [6.45, 7) is 6.50. The lowest BCUT2D eigenvalue weighted by Crippen LogP contribution is -2.28. The fourth-order valence-corrected chi connectivity index (χ4v) is 3.21. The standard InChI is InChI=1S/C23H28N2O4/c1-23(2,3)15-7-6-14-10-19(25-18(14)11-15)22(27)24-13-20(26)17-12-16(28-4)8-9-21(17)29-5/h6-12,20,25-26H,13H2,1-5H3,(H,24,27). The molecule has 0 saturated heterocycles. The largest absolute Gasteiger partial charge is 0.497 e. The molecule has 1 unspecified atom stereocenters. The zero-order valence-corrected chi connectivity index (χ0v) is 17.5. The fraction of sp³-hybridized carbons (Fsp3) is 0.348. The summed E-state index contributed by atoms with van der Waals surface area (Å²) in [4.78, 5) is 15.8. The average molecular weight is 396 g/mol. The third-order valence-electron chi connectivity index (χ3n) is 4.98. The highest BCUT2D eigenvalue weighted by molar-refractivity contribution is 5.98. The van der Waals surface area contributed by atoms with Crippen molar-refractivity contribution >= 4 is 16.8 Å². The van der Waals surface area contributed by atoms with Crippen LogP contribution in [0.1, 0.15) is 48.5 Å². The van der Waals surface area contributed by atoms with Crippen molar-refractivity contribution in [3.8, 4) is 11.5 Å². The molecule has 3 aromatic rings. The first-order valence-electron chi connectivity index (χ1n) is 9.54. The van der Waals surface area contributed by atoms with E-state index in [0.29, 0.717) is 22.8 Å². The van der Waals surface area contributed by atoms with Crippen LogP contribution in [-0.2, 0) is 5.41 Å². The van der Waals surface area contributed by atoms with Gasteiger partial charge in [0.05, 0.1) is 14.2 Å². The topological polar surface area (TPSA) is 83.6 Å². The summed E-state index contributed by atoms with van der Waals surface area (Å²) >= 11 is 0. The molecule has 0 fully saturated rings. The molecule has 0 spiro atoms. The molecule has 6 heteroatoms. The minimum Gasteiger partial charge on any atom is -0.497 e. The van der Waals surface area contributed by atoms with Gasteiger partial charge in [-0.05, 0) is 41.3 Å². The van der Waals surface area contributed by atoms with Gasteiger partial charge in [0.2, 0.25) is 0 Å². The molecule has 29 heavy (non-hydrogen) atoms. The smallest absolute Gasteiger partial charge is 0.267 e. The fourth-order valence-electron chi connectivity index (χ4n) is 3.21. The Morgan fingerprint density at radius 2 is 1.86 bits per heavy atom. The Balaban J connectivity index is 1.74. The molecule has 2 aromatic carbocycles. The van der Waals surface area contributed by atoms with E-state index in [4.69, 9.17) is 9.47 Å². The van der Waals surface area contributed by atoms with Crippen LogP contribution in [-0.4, -0.2) is 36.8 Å². The molecule has 3 N–H and O–H groups in total. The number of benzene rings is 2. The second kappa shape index (κ2) is 8.17. The average Bonchev–Trinajstić information content (AvgIpc) is 3.14. The number of amides is 1. The van der Waals surface area contributed by atoms with Crippen molar-refractivity contribution in [3.05, 3.63) is 59.3 Å². The van der Waals surface area contributed by atoms with Gasteiger partial charge in [-0.2, -0.15) is 0 Å². The lowest BCUT2D eigenvalue weighted by atomic mass is 9.87. The number of methoxy groups -OCH3 is 2. The minimum absolute atomic E-state index is 0.0294. The van der Waals surface area contributed by atoms with Gasteiger partial charge >= 0.3 is 0 Å². The first-order valence-corrected chi connectivity index (χ1v) is 9.54. The van der Waals surface area contributed by atoms with Gasteiger partial charge in [0.15, 0.2) is 0 Å². The van der Waals surface area contributed by atoms with Crippen molar-refractivity contribution in [2.75, 3.05) is 20.8 Å². The molecule has 0 aliphatic carbocycles. The van der Waals surface area contributed by atoms with E-state index < -0.39 is 6.10 Å². The molecule has 154 valence electrons. The molecular weight excluding hydrogens is 368 g/mol.